The van der Waals surface area contributed by atoms with Crippen molar-refractivity contribution in [2.75, 3.05) is 33.5 Å². The van der Waals surface area contributed by atoms with Crippen molar-refractivity contribution in [1.29, 1.82) is 0 Å². The van der Waals surface area contributed by atoms with Gasteiger partial charge < -0.3 is 22.2 Å². The zero-order valence-corrected chi connectivity index (χ0v) is 10.4. The van der Waals surface area contributed by atoms with Gasteiger partial charge in [-0.15, -0.1) is 0 Å². The van der Waals surface area contributed by atoms with Gasteiger partial charge in [0.15, 0.2) is 6.73 Å². The van der Waals surface area contributed by atoms with E-state index in [0.29, 0.717) is 0 Å². The average molecular weight is 281 g/mol. The van der Waals surface area contributed by atoms with Crippen LogP contribution in [0, 0.1) is 0 Å². The van der Waals surface area contributed by atoms with E-state index in [9.17, 15) is 26.1 Å². The van der Waals surface area contributed by atoms with Crippen LogP contribution in [0.2, 0.25) is 0 Å². The summed E-state index contributed by atoms with van der Waals surface area (Å²) in [5, 5.41) is 0. The van der Waals surface area contributed by atoms with Gasteiger partial charge in [-0.25, -0.2) is 13.2 Å². The van der Waals surface area contributed by atoms with Gasteiger partial charge in [-0.05, 0) is 6.92 Å². The summed E-state index contributed by atoms with van der Waals surface area (Å²) in [5.41, 5.74) is 0. The minimum Gasteiger partial charge on any atom is -0.443 e. The molecule has 1 heterocycles. The number of halogens is 6. The molecule has 0 aromatic heterocycles. The van der Waals surface area contributed by atoms with Crippen molar-refractivity contribution in [2.45, 2.75) is 25.8 Å². The summed E-state index contributed by atoms with van der Waals surface area (Å²) >= 11 is 0. The molecule has 110 valence electrons. The van der Waals surface area contributed by atoms with Gasteiger partial charge in [0.05, 0.1) is 20.1 Å². The molecule has 1 aliphatic rings. The molecule has 0 aromatic carbocycles. The molecule has 0 saturated carbocycles. The maximum absolute atomic E-state index is 10.5. The lowest BCUT2D eigenvalue weighted by Gasteiger charge is -2.27. The van der Waals surface area contributed by atoms with E-state index in [-0.39, 0.29) is 0 Å². The summed E-state index contributed by atoms with van der Waals surface area (Å²) < 4.78 is 69.4. The average Bonchev–Trinajstić information content (AvgIpc) is 2.61. The molecule has 0 aliphatic carbocycles. The van der Waals surface area contributed by atoms with Crippen molar-refractivity contribution in [3.63, 3.8) is 0 Å². The zero-order valence-electron chi connectivity index (χ0n) is 10.4. The molecule has 0 unspecified atom stereocenters. The lowest BCUT2D eigenvalue weighted by molar-refractivity contribution is -0.916. The Balaban J connectivity index is 0.000000331. The summed E-state index contributed by atoms with van der Waals surface area (Å²) in [6, 6.07) is 0. The Morgan fingerprint density at radius 2 is 1.50 bits per heavy atom. The zero-order chi connectivity index (χ0) is 14.4. The number of hydrogen-bond acceptors (Lipinski definition) is 1. The first kappa shape index (κ1) is 17.6. The van der Waals surface area contributed by atoms with E-state index in [1.807, 2.05) is 0 Å². The molecule has 9 heteroatoms. The Morgan fingerprint density at radius 3 is 1.78 bits per heavy atom. The van der Waals surface area contributed by atoms with E-state index in [1.165, 1.54) is 25.9 Å². The molecule has 0 N–H and O–H groups in total. The number of nitrogens with zero attached hydrogens (tertiary/aromatic N) is 1. The first-order valence-corrected chi connectivity index (χ1v) is 5.69. The first-order valence-electron chi connectivity index (χ1n) is 5.69. The highest BCUT2D eigenvalue weighted by Gasteiger charge is 2.53. The van der Waals surface area contributed by atoms with Gasteiger partial charge in [0, 0.05) is 19.4 Å². The summed E-state index contributed by atoms with van der Waals surface area (Å²) in [5.74, 6) is 0. The van der Waals surface area contributed by atoms with Gasteiger partial charge in [0.2, 0.25) is 0 Å². The summed E-state index contributed by atoms with van der Waals surface area (Å²) in [7, 11) is 2.28. The van der Waals surface area contributed by atoms with Crippen molar-refractivity contribution in [3.05, 3.63) is 0 Å². The second-order valence-electron chi connectivity index (χ2n) is 4.51. The van der Waals surface area contributed by atoms with E-state index >= 15 is 0 Å². The van der Waals surface area contributed by atoms with E-state index in [2.05, 4.69) is 14.0 Å². The molecule has 0 atom stereocenters. The Bertz CT molecular complexity index is 224. The minimum atomic E-state index is -6.65. The second-order valence-corrected chi connectivity index (χ2v) is 4.51. The van der Waals surface area contributed by atoms with Crippen molar-refractivity contribution in [1.82, 2.24) is 0 Å². The maximum atomic E-state index is 10.5. The summed E-state index contributed by atoms with van der Waals surface area (Å²) in [4.78, 5) is 0. The Kier molecular flexibility index (Phi) is 6.49. The maximum Gasteiger partial charge on any atom is 0.583 e. The standard InChI is InChI=1S/C8H18NO.CBF6/c1-3-10-8-9(2)6-4-5-7-9;3-1(4,5)2(6,7)8/h3-8H2,1-2H3;/q+1;-1. The van der Waals surface area contributed by atoms with Crippen LogP contribution in [0.4, 0.5) is 26.1 Å². The van der Waals surface area contributed by atoms with Gasteiger partial charge in [0.1, 0.15) is 0 Å². The van der Waals surface area contributed by atoms with Gasteiger partial charge in [-0.2, -0.15) is 0 Å². The molecule has 1 rings (SSSR count). The van der Waals surface area contributed by atoms with E-state index in [1.54, 1.807) is 0 Å². The predicted octanol–water partition coefficient (Wildman–Crippen LogP) is 3.16. The van der Waals surface area contributed by atoms with Crippen LogP contribution in [0.1, 0.15) is 19.8 Å². The smallest absolute Gasteiger partial charge is 0.443 e. The molecular formula is C9H18BF6NO. The normalized spacial score (nSPS) is 19.3. The lowest BCUT2D eigenvalue weighted by Crippen LogP contribution is -2.42. The molecule has 0 bridgehead atoms. The summed E-state index contributed by atoms with van der Waals surface area (Å²) in [6.45, 7) is -0.209. The third-order valence-electron chi connectivity index (χ3n) is 2.62. The van der Waals surface area contributed by atoms with Crippen molar-refractivity contribution >= 4 is 6.98 Å². The molecule has 0 amide bonds. The second kappa shape index (κ2) is 6.65. The number of rotatable bonds is 3. The Morgan fingerprint density at radius 1 is 1.11 bits per heavy atom. The fraction of sp³-hybridized carbons (Fsp3) is 1.00. The Hall–Kier alpha value is -0.435. The number of quaternary nitrogens is 1. The van der Waals surface area contributed by atoms with Gasteiger partial charge in [-0.3, -0.25) is 0 Å². The highest BCUT2D eigenvalue weighted by molar-refractivity contribution is 6.60. The molecule has 1 saturated heterocycles. The molecule has 1 fully saturated rings. The number of likely N-dealkylation sites (tertiary alicyclic amines) is 1. The van der Waals surface area contributed by atoms with E-state index < -0.39 is 13.1 Å². The molecular weight excluding hydrogens is 263 g/mol. The number of hydrogen-bond donors (Lipinski definition) is 0. The van der Waals surface area contributed by atoms with Crippen LogP contribution in [-0.4, -0.2) is 51.0 Å². The van der Waals surface area contributed by atoms with Crippen molar-refractivity contribution < 1.29 is 35.3 Å². The van der Waals surface area contributed by atoms with Crippen LogP contribution in [0.15, 0.2) is 0 Å². The van der Waals surface area contributed by atoms with Crippen LogP contribution in [0.5, 0.6) is 0 Å². The van der Waals surface area contributed by atoms with Crippen molar-refractivity contribution in [2.24, 2.45) is 0 Å². The lowest BCUT2D eigenvalue weighted by atomic mass is 9.92. The molecule has 2 nitrogen and oxygen atoms in total. The molecule has 0 spiro atoms. The fourth-order valence-corrected chi connectivity index (χ4v) is 1.54. The van der Waals surface area contributed by atoms with Gasteiger partial charge in [0.25, 0.3) is 0 Å². The molecule has 18 heavy (non-hydrogen) atoms. The molecule has 0 aromatic rings. The largest absolute Gasteiger partial charge is 0.583 e. The Labute approximate surface area is 103 Å². The molecule has 0 radical (unpaired) electrons. The third kappa shape index (κ3) is 6.48. The minimum absolute atomic E-state index is 0.855. The number of ether oxygens (including phenoxy) is 1. The highest BCUT2D eigenvalue weighted by atomic mass is 19.4. The monoisotopic (exact) mass is 281 g/mol. The van der Waals surface area contributed by atoms with Gasteiger partial charge in [-0.1, -0.05) is 0 Å². The first-order chi connectivity index (χ1) is 8.02. The number of alkyl halides is 3. The molecule has 1 aliphatic heterocycles. The highest BCUT2D eigenvalue weighted by Crippen LogP contribution is 2.31. The third-order valence-corrected chi connectivity index (χ3v) is 2.62. The van der Waals surface area contributed by atoms with Crippen LogP contribution >= 0.6 is 0 Å². The van der Waals surface area contributed by atoms with Crippen molar-refractivity contribution in [3.8, 4) is 0 Å². The topological polar surface area (TPSA) is 9.23 Å². The van der Waals surface area contributed by atoms with Crippen LogP contribution in [-0.2, 0) is 4.74 Å². The van der Waals surface area contributed by atoms with Gasteiger partial charge >= 0.3 is 13.1 Å². The van der Waals surface area contributed by atoms with E-state index in [4.69, 9.17) is 4.74 Å². The fourth-order valence-electron chi connectivity index (χ4n) is 1.54. The van der Waals surface area contributed by atoms with E-state index in [0.717, 1.165) is 17.8 Å². The summed E-state index contributed by atoms with van der Waals surface area (Å²) in [6.07, 6.45) is -3.24. The SMILES string of the molecule is CCOC[N+]1(C)CCCC1.F[B-](F)(F)C(F)(F)F. The van der Waals surface area contributed by atoms with Crippen LogP contribution in [0.3, 0.4) is 0 Å². The van der Waals surface area contributed by atoms with Crippen LogP contribution in [0.25, 0.3) is 0 Å². The predicted molar refractivity (Wildman–Crippen MR) is 56.8 cm³/mol. The van der Waals surface area contributed by atoms with Crippen LogP contribution < -0.4 is 0 Å². The quantitative estimate of drug-likeness (QED) is 0.438.